The van der Waals surface area contributed by atoms with E-state index in [9.17, 15) is 5.26 Å². The summed E-state index contributed by atoms with van der Waals surface area (Å²) in [6.07, 6.45) is -0.453. The maximum Gasteiger partial charge on any atom is 0.169 e. The Labute approximate surface area is 348 Å². The van der Waals surface area contributed by atoms with Crippen molar-refractivity contribution in [1.82, 2.24) is 5.32 Å². The molecule has 3 heterocycles. The van der Waals surface area contributed by atoms with Gasteiger partial charge in [-0.3, -0.25) is 0 Å². The lowest BCUT2D eigenvalue weighted by Gasteiger charge is -2.22. The summed E-state index contributed by atoms with van der Waals surface area (Å²) in [4.78, 5) is 10.5. The number of benzene rings is 9. The second-order valence-corrected chi connectivity index (χ2v) is 16.4. The molecule has 0 saturated carbocycles. The molecule has 60 heavy (non-hydrogen) atoms. The van der Waals surface area contributed by atoms with E-state index in [4.69, 9.17) is 14.4 Å². The fourth-order valence-corrected chi connectivity index (χ4v) is 9.94. The molecule has 12 rings (SSSR count). The van der Waals surface area contributed by atoms with Crippen molar-refractivity contribution in [2.24, 2.45) is 9.98 Å². The first kappa shape index (κ1) is 34.2. The first-order valence-corrected chi connectivity index (χ1v) is 20.8. The van der Waals surface area contributed by atoms with E-state index in [1.54, 1.807) is 0 Å². The van der Waals surface area contributed by atoms with Gasteiger partial charge in [0.1, 0.15) is 22.8 Å². The molecular formula is C54H32N4OS. The van der Waals surface area contributed by atoms with Crippen LogP contribution in [0.25, 0.3) is 85.9 Å². The van der Waals surface area contributed by atoms with Gasteiger partial charge in [-0.25, -0.2) is 9.98 Å². The van der Waals surface area contributed by atoms with Crippen LogP contribution in [0.4, 0.5) is 0 Å². The van der Waals surface area contributed by atoms with Crippen LogP contribution >= 0.6 is 11.3 Å². The largest absolute Gasteiger partial charge is 0.455 e. The van der Waals surface area contributed by atoms with Gasteiger partial charge in [0.15, 0.2) is 6.17 Å². The summed E-state index contributed by atoms with van der Waals surface area (Å²) < 4.78 is 9.24. The Hall–Kier alpha value is -7.85. The van der Waals surface area contributed by atoms with Gasteiger partial charge in [-0.15, -0.1) is 11.3 Å². The summed E-state index contributed by atoms with van der Waals surface area (Å²) in [5.74, 6) is 1.59. The fourth-order valence-electron chi connectivity index (χ4n) is 8.79. The van der Waals surface area contributed by atoms with Crippen LogP contribution in [-0.4, -0.2) is 11.7 Å². The van der Waals surface area contributed by atoms with Crippen molar-refractivity contribution in [2.45, 2.75) is 6.17 Å². The molecule has 0 amide bonds. The number of fused-ring (bicyclic) bond motifs is 11. The van der Waals surface area contributed by atoms with E-state index in [0.717, 1.165) is 94.1 Å². The SMILES string of the molecule is N#Cc1ccc(-c2ccc3c4ccc(-c5cccc(C6N=C(c7ccccc7)NC(c7ccc8c(c7)sc7ccccc78)=N6)c5)cc4c4oc5ccccc5c4c3c2)cc1. The molecule has 1 aliphatic rings. The third-order valence-electron chi connectivity index (χ3n) is 11.7. The summed E-state index contributed by atoms with van der Waals surface area (Å²) in [6.45, 7) is 0. The molecule has 0 bridgehead atoms. The van der Waals surface area contributed by atoms with Crippen LogP contribution in [0, 0.1) is 11.3 Å². The van der Waals surface area contributed by atoms with E-state index in [-0.39, 0.29) is 0 Å². The molecule has 1 unspecified atom stereocenters. The monoisotopic (exact) mass is 784 g/mol. The number of para-hydroxylation sites is 1. The lowest BCUT2D eigenvalue weighted by Crippen LogP contribution is -2.36. The van der Waals surface area contributed by atoms with Crippen molar-refractivity contribution in [3.05, 3.63) is 204 Å². The lowest BCUT2D eigenvalue weighted by molar-refractivity contribution is 0.673. The van der Waals surface area contributed by atoms with Crippen LogP contribution in [-0.2, 0) is 0 Å². The highest BCUT2D eigenvalue weighted by atomic mass is 32.1. The highest BCUT2D eigenvalue weighted by Gasteiger charge is 2.23. The van der Waals surface area contributed by atoms with Gasteiger partial charge in [-0.2, -0.15) is 5.26 Å². The molecule has 11 aromatic rings. The number of aliphatic imine (C=N–C) groups is 2. The summed E-state index contributed by atoms with van der Waals surface area (Å²) in [5, 5.41) is 22.2. The molecule has 0 spiro atoms. The lowest BCUT2D eigenvalue weighted by atomic mass is 9.91. The van der Waals surface area contributed by atoms with Gasteiger partial charge in [-0.05, 0) is 92.5 Å². The molecule has 1 atom stereocenters. The summed E-state index contributed by atoms with van der Waals surface area (Å²) in [5.41, 5.74) is 9.73. The molecule has 1 N–H and O–H groups in total. The van der Waals surface area contributed by atoms with E-state index in [0.29, 0.717) is 5.56 Å². The van der Waals surface area contributed by atoms with Gasteiger partial charge in [0.2, 0.25) is 0 Å². The number of nitriles is 1. The molecule has 2 aromatic heterocycles. The molecule has 0 radical (unpaired) electrons. The summed E-state index contributed by atoms with van der Waals surface area (Å²) in [6, 6.07) is 65.8. The van der Waals surface area contributed by atoms with E-state index >= 15 is 0 Å². The average Bonchev–Trinajstić information content (AvgIpc) is 3.90. The number of hydrogen-bond donors (Lipinski definition) is 1. The van der Waals surface area contributed by atoms with Crippen molar-refractivity contribution < 1.29 is 4.42 Å². The van der Waals surface area contributed by atoms with Gasteiger partial charge in [0.05, 0.1) is 11.6 Å². The Kier molecular flexibility index (Phi) is 7.77. The number of hydrogen-bond acceptors (Lipinski definition) is 6. The molecule has 5 nitrogen and oxygen atoms in total. The second-order valence-electron chi connectivity index (χ2n) is 15.3. The van der Waals surface area contributed by atoms with Crippen molar-refractivity contribution >= 4 is 86.7 Å². The van der Waals surface area contributed by atoms with Gasteiger partial charge in [-0.1, -0.05) is 133 Å². The van der Waals surface area contributed by atoms with Crippen LogP contribution < -0.4 is 5.32 Å². The zero-order valence-corrected chi connectivity index (χ0v) is 32.9. The van der Waals surface area contributed by atoms with Gasteiger partial charge in [0.25, 0.3) is 0 Å². The van der Waals surface area contributed by atoms with E-state index in [1.165, 1.54) is 20.2 Å². The van der Waals surface area contributed by atoms with Crippen LogP contribution in [0.2, 0.25) is 0 Å². The molecule has 6 heteroatoms. The number of thiophene rings is 1. The quantitative estimate of drug-likeness (QED) is 0.177. The van der Waals surface area contributed by atoms with E-state index in [2.05, 4.69) is 139 Å². The number of nitrogens with zero attached hydrogens (tertiary/aromatic N) is 3. The highest BCUT2D eigenvalue weighted by molar-refractivity contribution is 7.25. The third-order valence-corrected chi connectivity index (χ3v) is 12.9. The molecule has 0 saturated heterocycles. The Bertz CT molecular complexity index is 3650. The van der Waals surface area contributed by atoms with Crippen LogP contribution in [0.5, 0.6) is 0 Å². The fraction of sp³-hybridized carbons (Fsp3) is 0.0185. The standard InChI is InChI=1S/C54H32N4OS/c55-31-32-17-19-33(20-18-32)36-21-24-40-41-25-22-37(29-46(41)51-50(45(40)28-36)44-14-4-6-15-47(44)59-51)35-11-8-12-38(27-35)53-56-52(34-9-2-1-3-10-34)57-54(58-53)39-23-26-43-42-13-5-7-16-48(42)60-49(43)30-39/h1-30,53H,(H,56,57,58). The molecule has 0 aliphatic carbocycles. The Morgan fingerprint density at radius 2 is 1.08 bits per heavy atom. The maximum atomic E-state index is 9.37. The van der Waals surface area contributed by atoms with Crippen LogP contribution in [0.1, 0.15) is 28.4 Å². The molecule has 9 aromatic carbocycles. The zero-order valence-electron chi connectivity index (χ0n) is 32.1. The smallest absolute Gasteiger partial charge is 0.169 e. The van der Waals surface area contributed by atoms with Gasteiger partial charge in [0, 0.05) is 47.5 Å². The average molecular weight is 785 g/mol. The molecule has 1 aliphatic heterocycles. The zero-order chi connectivity index (χ0) is 39.7. The first-order valence-electron chi connectivity index (χ1n) is 20.0. The van der Waals surface area contributed by atoms with Crippen LogP contribution in [0.3, 0.4) is 0 Å². The number of rotatable bonds is 5. The third kappa shape index (κ3) is 5.59. The van der Waals surface area contributed by atoms with Crippen molar-refractivity contribution in [3.8, 4) is 28.3 Å². The Balaban J connectivity index is 0.984. The predicted octanol–water partition coefficient (Wildman–Crippen LogP) is 14.0. The van der Waals surface area contributed by atoms with Crippen molar-refractivity contribution in [3.63, 3.8) is 0 Å². The topological polar surface area (TPSA) is 73.7 Å². The predicted molar refractivity (Wildman–Crippen MR) is 249 cm³/mol. The summed E-state index contributed by atoms with van der Waals surface area (Å²) >= 11 is 1.81. The minimum absolute atomic E-state index is 0.453. The molecule has 0 fully saturated rings. The number of furan rings is 1. The molecular weight excluding hydrogens is 753 g/mol. The van der Waals surface area contributed by atoms with Gasteiger partial charge >= 0.3 is 0 Å². The second kappa shape index (κ2) is 13.6. The molecule has 280 valence electrons. The maximum absolute atomic E-state index is 9.37. The Morgan fingerprint density at radius 3 is 1.92 bits per heavy atom. The highest BCUT2D eigenvalue weighted by Crippen LogP contribution is 2.43. The number of nitrogens with one attached hydrogen (secondary N) is 1. The first-order chi connectivity index (χ1) is 29.6. The number of amidine groups is 2. The minimum Gasteiger partial charge on any atom is -0.455 e. The Morgan fingerprint density at radius 1 is 0.467 bits per heavy atom. The van der Waals surface area contributed by atoms with Crippen molar-refractivity contribution in [2.75, 3.05) is 0 Å². The van der Waals surface area contributed by atoms with Gasteiger partial charge < -0.3 is 9.73 Å². The van der Waals surface area contributed by atoms with E-state index in [1.807, 2.05) is 65.9 Å². The van der Waals surface area contributed by atoms with Crippen molar-refractivity contribution in [1.29, 1.82) is 5.26 Å². The normalized spacial score (nSPS) is 14.2. The minimum atomic E-state index is -0.453. The summed E-state index contributed by atoms with van der Waals surface area (Å²) in [7, 11) is 0. The van der Waals surface area contributed by atoms with E-state index < -0.39 is 6.17 Å². The van der Waals surface area contributed by atoms with Crippen LogP contribution in [0.15, 0.2) is 196 Å².